The predicted octanol–water partition coefficient (Wildman–Crippen LogP) is 5.81. The summed E-state index contributed by atoms with van der Waals surface area (Å²) in [6.07, 6.45) is -6.21. The molecule has 2 aromatic rings. The van der Waals surface area contributed by atoms with E-state index in [0.717, 1.165) is 12.1 Å². The number of hydrogen-bond donors (Lipinski definition) is 1. The molecular weight excluding hydrogens is 390 g/mol. The summed E-state index contributed by atoms with van der Waals surface area (Å²) >= 11 is 0. The van der Waals surface area contributed by atoms with Gasteiger partial charge in [0.05, 0.1) is 18.7 Å². The topological polar surface area (TPSA) is 47.6 Å². The fourth-order valence-corrected chi connectivity index (χ4v) is 3.46. The van der Waals surface area contributed by atoms with Gasteiger partial charge in [-0.2, -0.15) is 13.2 Å². The number of hydrogen-bond acceptors (Lipinski definition) is 3. The molecular formula is C21H21F4NO3. The zero-order valence-corrected chi connectivity index (χ0v) is 16.4. The number of carbonyl (C=O) groups excluding carboxylic acids is 1. The molecule has 4 nitrogen and oxygen atoms in total. The summed E-state index contributed by atoms with van der Waals surface area (Å²) in [6.45, 7) is 5.27. The third kappa shape index (κ3) is 4.02. The molecule has 0 aliphatic carbocycles. The van der Waals surface area contributed by atoms with E-state index in [1.807, 2.05) is 13.8 Å². The van der Waals surface area contributed by atoms with Crippen LogP contribution in [-0.2, 0) is 10.9 Å². The van der Waals surface area contributed by atoms with Crippen molar-refractivity contribution in [1.82, 2.24) is 5.32 Å². The highest BCUT2D eigenvalue weighted by Gasteiger charge is 2.37. The Balaban J connectivity index is 2.27. The maximum atomic E-state index is 14.4. The lowest BCUT2D eigenvalue weighted by Gasteiger charge is -2.22. The van der Waals surface area contributed by atoms with E-state index in [2.05, 4.69) is 5.32 Å². The van der Waals surface area contributed by atoms with Crippen molar-refractivity contribution in [3.05, 3.63) is 52.8 Å². The fourth-order valence-electron chi connectivity index (χ4n) is 3.46. The number of rotatable bonds is 4. The van der Waals surface area contributed by atoms with Crippen LogP contribution in [-0.4, -0.2) is 19.2 Å². The molecule has 0 spiro atoms. The van der Waals surface area contributed by atoms with Crippen LogP contribution in [0.4, 0.5) is 22.4 Å². The summed E-state index contributed by atoms with van der Waals surface area (Å²) in [6, 6.07) is 5.46. The van der Waals surface area contributed by atoms with Gasteiger partial charge in [0.1, 0.15) is 17.7 Å². The highest BCUT2D eigenvalue weighted by atomic mass is 19.4. The summed E-state index contributed by atoms with van der Waals surface area (Å²) in [7, 11) is 1.36. The molecule has 1 saturated heterocycles. The summed E-state index contributed by atoms with van der Waals surface area (Å²) in [5.74, 6) is -0.434. The standard InChI is InChI=1S/C21H21F4NO3/c1-10(2)14-8-15(18(28-4)9-17(14)22)13-6-5-12(21(23,24)25)7-16(13)19-11(3)26-20(27)29-19/h5-11,19H,1-4H3,(H,26,27)/t11?,19-/m0/s1. The fraction of sp³-hybridized carbons (Fsp3) is 0.381. The molecule has 156 valence electrons. The lowest BCUT2D eigenvalue weighted by atomic mass is 9.89. The van der Waals surface area contributed by atoms with Crippen LogP contribution >= 0.6 is 0 Å². The number of amides is 1. The first-order valence-corrected chi connectivity index (χ1v) is 9.09. The smallest absolute Gasteiger partial charge is 0.416 e. The molecule has 0 saturated carbocycles. The molecule has 0 radical (unpaired) electrons. The van der Waals surface area contributed by atoms with Crippen LogP contribution in [0.15, 0.2) is 30.3 Å². The molecule has 1 heterocycles. The molecule has 8 heteroatoms. The minimum absolute atomic E-state index is 0.151. The third-order valence-corrected chi connectivity index (χ3v) is 4.95. The van der Waals surface area contributed by atoms with E-state index in [4.69, 9.17) is 9.47 Å². The first-order valence-electron chi connectivity index (χ1n) is 9.09. The van der Waals surface area contributed by atoms with Crippen molar-refractivity contribution in [2.24, 2.45) is 0 Å². The number of alkyl halides is 3. The molecule has 2 atom stereocenters. The highest BCUT2D eigenvalue weighted by molar-refractivity contribution is 5.77. The van der Waals surface area contributed by atoms with E-state index in [-0.39, 0.29) is 17.2 Å². The van der Waals surface area contributed by atoms with Crippen LogP contribution in [0.2, 0.25) is 0 Å². The highest BCUT2D eigenvalue weighted by Crippen LogP contribution is 2.43. The summed E-state index contributed by atoms with van der Waals surface area (Å²) < 4.78 is 64.9. The number of ether oxygens (including phenoxy) is 2. The van der Waals surface area contributed by atoms with Crippen LogP contribution in [0.3, 0.4) is 0 Å². The average Bonchev–Trinajstić information content (AvgIpc) is 2.98. The Morgan fingerprint density at radius 3 is 2.34 bits per heavy atom. The lowest BCUT2D eigenvalue weighted by molar-refractivity contribution is -0.137. The first kappa shape index (κ1) is 21.0. The number of alkyl carbamates (subject to hydrolysis) is 1. The van der Waals surface area contributed by atoms with Crippen molar-refractivity contribution in [2.75, 3.05) is 7.11 Å². The molecule has 1 unspecified atom stereocenters. The average molecular weight is 411 g/mol. The van der Waals surface area contributed by atoms with Crippen LogP contribution in [0, 0.1) is 5.82 Å². The Bertz CT molecular complexity index is 940. The minimum atomic E-state index is -4.57. The van der Waals surface area contributed by atoms with Gasteiger partial charge in [0, 0.05) is 17.2 Å². The molecule has 2 aromatic carbocycles. The predicted molar refractivity (Wildman–Crippen MR) is 99.3 cm³/mol. The normalized spacial score (nSPS) is 19.3. The van der Waals surface area contributed by atoms with E-state index >= 15 is 0 Å². The number of benzene rings is 2. The van der Waals surface area contributed by atoms with Gasteiger partial charge in [-0.15, -0.1) is 0 Å². The van der Waals surface area contributed by atoms with E-state index in [0.29, 0.717) is 16.7 Å². The molecule has 0 bridgehead atoms. The Kier molecular flexibility index (Phi) is 5.47. The van der Waals surface area contributed by atoms with Gasteiger partial charge < -0.3 is 14.8 Å². The second-order valence-corrected chi connectivity index (χ2v) is 7.29. The van der Waals surface area contributed by atoms with E-state index in [1.54, 1.807) is 13.0 Å². The van der Waals surface area contributed by atoms with Gasteiger partial charge in [0.15, 0.2) is 0 Å². The lowest BCUT2D eigenvalue weighted by Crippen LogP contribution is -2.24. The van der Waals surface area contributed by atoms with Crippen molar-refractivity contribution in [3.8, 4) is 16.9 Å². The van der Waals surface area contributed by atoms with Crippen molar-refractivity contribution in [2.45, 2.75) is 45.0 Å². The Labute approximate surface area is 165 Å². The van der Waals surface area contributed by atoms with Crippen LogP contribution in [0.25, 0.3) is 11.1 Å². The van der Waals surface area contributed by atoms with E-state index in [9.17, 15) is 22.4 Å². The van der Waals surface area contributed by atoms with Gasteiger partial charge in [-0.1, -0.05) is 19.9 Å². The molecule has 1 N–H and O–H groups in total. The molecule has 1 amide bonds. The Hall–Kier alpha value is -2.77. The zero-order chi connectivity index (χ0) is 21.5. The zero-order valence-electron chi connectivity index (χ0n) is 16.4. The van der Waals surface area contributed by atoms with Gasteiger partial charge in [0.25, 0.3) is 0 Å². The summed E-state index contributed by atoms with van der Waals surface area (Å²) in [5, 5.41) is 2.54. The number of carbonyl (C=O) groups is 1. The largest absolute Gasteiger partial charge is 0.496 e. The van der Waals surface area contributed by atoms with Gasteiger partial charge >= 0.3 is 12.3 Å². The monoisotopic (exact) mass is 411 g/mol. The van der Waals surface area contributed by atoms with Crippen molar-refractivity contribution in [1.29, 1.82) is 0 Å². The number of methoxy groups -OCH3 is 1. The summed E-state index contributed by atoms with van der Waals surface area (Å²) in [5.41, 5.74) is 0.518. The molecule has 0 aromatic heterocycles. The van der Waals surface area contributed by atoms with Crippen molar-refractivity contribution >= 4 is 6.09 Å². The number of nitrogens with one attached hydrogen (secondary N) is 1. The Morgan fingerprint density at radius 2 is 1.83 bits per heavy atom. The Morgan fingerprint density at radius 1 is 1.14 bits per heavy atom. The second kappa shape index (κ2) is 7.57. The first-order chi connectivity index (χ1) is 13.5. The number of halogens is 4. The van der Waals surface area contributed by atoms with Crippen LogP contribution < -0.4 is 10.1 Å². The maximum Gasteiger partial charge on any atom is 0.416 e. The van der Waals surface area contributed by atoms with Crippen LogP contribution in [0.1, 0.15) is 49.5 Å². The van der Waals surface area contributed by atoms with Gasteiger partial charge in [-0.25, -0.2) is 9.18 Å². The van der Waals surface area contributed by atoms with Gasteiger partial charge in [-0.3, -0.25) is 0 Å². The number of cyclic esters (lactones) is 1. The van der Waals surface area contributed by atoms with Gasteiger partial charge in [0.2, 0.25) is 0 Å². The molecule has 29 heavy (non-hydrogen) atoms. The van der Waals surface area contributed by atoms with Crippen molar-refractivity contribution < 1.29 is 31.8 Å². The SMILES string of the molecule is COc1cc(F)c(C(C)C)cc1-c1ccc(C(F)(F)F)cc1[C@H]1OC(=O)NC1C. The third-order valence-electron chi connectivity index (χ3n) is 4.95. The quantitative estimate of drug-likeness (QED) is 0.646. The van der Waals surface area contributed by atoms with Crippen LogP contribution in [0.5, 0.6) is 5.75 Å². The van der Waals surface area contributed by atoms with Gasteiger partial charge in [-0.05, 0) is 42.2 Å². The maximum absolute atomic E-state index is 14.4. The second-order valence-electron chi connectivity index (χ2n) is 7.29. The van der Waals surface area contributed by atoms with Crippen molar-refractivity contribution in [3.63, 3.8) is 0 Å². The van der Waals surface area contributed by atoms with E-state index in [1.165, 1.54) is 19.2 Å². The summed E-state index contributed by atoms with van der Waals surface area (Å²) in [4.78, 5) is 11.6. The molecule has 1 fully saturated rings. The molecule has 1 aliphatic rings. The molecule has 1 aliphatic heterocycles. The minimum Gasteiger partial charge on any atom is -0.496 e. The van der Waals surface area contributed by atoms with E-state index < -0.39 is 35.8 Å². The molecule has 3 rings (SSSR count).